The highest BCUT2D eigenvalue weighted by Crippen LogP contribution is 2.69. The van der Waals surface area contributed by atoms with E-state index in [-0.39, 0.29) is 27.7 Å². The number of hydrogen-bond acceptors (Lipinski definition) is 2. The third-order valence-electron chi connectivity index (χ3n) is 8.24. The fraction of sp³-hybridized carbons (Fsp3) is 0.636. The van der Waals surface area contributed by atoms with Gasteiger partial charge in [-0.2, -0.15) is 0 Å². The number of benzene rings is 1. The zero-order valence-corrected chi connectivity index (χ0v) is 15.4. The maximum Gasteiger partial charge on any atom is 0.123 e. The molecule has 3 aliphatic carbocycles. The van der Waals surface area contributed by atoms with Crippen LogP contribution in [-0.2, 0) is 11.8 Å². The average molecular weight is 326 g/mol. The Bertz CT molecular complexity index is 732. The molecule has 0 aromatic heterocycles. The van der Waals surface area contributed by atoms with Gasteiger partial charge in [-0.15, -0.1) is 0 Å². The standard InChI is InChI=1S/C22H30O2/c1-13-6-8-21(4)17(20(13,2)3)7-9-22(5)18(21)11-14-10-15(23)12-16(24)19(14)22/h10,12,17-18,23-24H,1,6-9,11H2,2-5H3/t17-,18+,21-,22+/m0/s1. The predicted octanol–water partition coefficient (Wildman–Crippen LogP) is 5.32. The molecule has 2 N–H and O–H groups in total. The van der Waals surface area contributed by atoms with Gasteiger partial charge in [0.15, 0.2) is 0 Å². The molecule has 4 atom stereocenters. The van der Waals surface area contributed by atoms with E-state index < -0.39 is 0 Å². The first-order valence-corrected chi connectivity index (χ1v) is 9.34. The van der Waals surface area contributed by atoms with Crippen LogP contribution in [0.4, 0.5) is 0 Å². The summed E-state index contributed by atoms with van der Waals surface area (Å²) in [7, 11) is 0. The topological polar surface area (TPSA) is 40.5 Å². The molecule has 130 valence electrons. The monoisotopic (exact) mass is 326 g/mol. The lowest BCUT2D eigenvalue weighted by Gasteiger charge is -2.61. The van der Waals surface area contributed by atoms with Gasteiger partial charge in [-0.25, -0.2) is 0 Å². The highest BCUT2D eigenvalue weighted by atomic mass is 16.3. The Morgan fingerprint density at radius 2 is 1.75 bits per heavy atom. The van der Waals surface area contributed by atoms with E-state index in [1.165, 1.54) is 24.5 Å². The van der Waals surface area contributed by atoms with Crippen LogP contribution in [0.1, 0.15) is 64.5 Å². The van der Waals surface area contributed by atoms with Crippen LogP contribution >= 0.6 is 0 Å². The molecule has 3 aliphatic rings. The summed E-state index contributed by atoms with van der Waals surface area (Å²) in [5, 5.41) is 20.5. The van der Waals surface area contributed by atoms with E-state index in [9.17, 15) is 10.2 Å². The van der Waals surface area contributed by atoms with Crippen LogP contribution in [0, 0.1) is 22.7 Å². The van der Waals surface area contributed by atoms with Gasteiger partial charge in [-0.1, -0.05) is 39.8 Å². The number of rotatable bonds is 0. The van der Waals surface area contributed by atoms with Gasteiger partial charge in [0.2, 0.25) is 0 Å². The summed E-state index contributed by atoms with van der Waals surface area (Å²) >= 11 is 0. The van der Waals surface area contributed by atoms with Crippen molar-refractivity contribution in [1.29, 1.82) is 0 Å². The molecule has 0 spiro atoms. The second-order valence-corrected chi connectivity index (χ2v) is 9.60. The minimum absolute atomic E-state index is 0.0210. The van der Waals surface area contributed by atoms with E-state index in [2.05, 4.69) is 34.3 Å². The normalized spacial score (nSPS) is 39.9. The van der Waals surface area contributed by atoms with Gasteiger partial charge in [-0.05, 0) is 66.4 Å². The zero-order chi connectivity index (χ0) is 17.5. The Labute approximate surface area is 145 Å². The maximum atomic E-state index is 10.6. The van der Waals surface area contributed by atoms with Crippen molar-refractivity contribution in [2.24, 2.45) is 22.7 Å². The van der Waals surface area contributed by atoms with Crippen molar-refractivity contribution in [2.45, 2.75) is 65.2 Å². The first-order chi connectivity index (χ1) is 11.1. The fourth-order valence-electron chi connectivity index (χ4n) is 6.91. The average Bonchev–Trinajstić information content (AvgIpc) is 2.77. The highest BCUT2D eigenvalue weighted by Gasteiger charge is 2.62. The number of hydrogen-bond donors (Lipinski definition) is 2. The lowest BCUT2D eigenvalue weighted by atomic mass is 9.43. The molecular formula is C22H30O2. The third-order valence-corrected chi connectivity index (χ3v) is 8.24. The lowest BCUT2D eigenvalue weighted by molar-refractivity contribution is -0.0759. The molecule has 2 saturated carbocycles. The Balaban J connectivity index is 1.84. The van der Waals surface area contributed by atoms with Gasteiger partial charge >= 0.3 is 0 Å². The summed E-state index contributed by atoms with van der Waals surface area (Å²) in [6, 6.07) is 3.40. The molecule has 24 heavy (non-hydrogen) atoms. The molecule has 2 fully saturated rings. The van der Waals surface area contributed by atoms with Crippen LogP contribution in [0.5, 0.6) is 11.5 Å². The van der Waals surface area contributed by atoms with E-state index >= 15 is 0 Å². The van der Waals surface area contributed by atoms with E-state index in [1.54, 1.807) is 0 Å². The van der Waals surface area contributed by atoms with Gasteiger partial charge < -0.3 is 10.2 Å². The fourth-order valence-corrected chi connectivity index (χ4v) is 6.91. The predicted molar refractivity (Wildman–Crippen MR) is 97.3 cm³/mol. The van der Waals surface area contributed by atoms with Gasteiger partial charge in [0, 0.05) is 17.0 Å². The molecule has 0 heterocycles. The minimum Gasteiger partial charge on any atom is -0.508 e. The first kappa shape index (κ1) is 16.1. The SMILES string of the molecule is C=C1CC[C@]2(C)[C@H]3Cc4cc(O)cc(O)c4[C@]3(C)CC[C@H]2C1(C)C. The Morgan fingerprint density at radius 1 is 1.04 bits per heavy atom. The number of allylic oxidation sites excluding steroid dienone is 1. The van der Waals surface area contributed by atoms with Gasteiger partial charge in [0.25, 0.3) is 0 Å². The van der Waals surface area contributed by atoms with Gasteiger partial charge in [0.1, 0.15) is 11.5 Å². The second kappa shape index (κ2) is 4.59. The van der Waals surface area contributed by atoms with E-state index in [0.29, 0.717) is 11.8 Å². The van der Waals surface area contributed by atoms with E-state index in [1.807, 2.05) is 6.07 Å². The molecule has 0 unspecified atom stereocenters. The molecular weight excluding hydrogens is 296 g/mol. The van der Waals surface area contributed by atoms with Gasteiger partial charge in [-0.3, -0.25) is 0 Å². The van der Waals surface area contributed by atoms with Crippen molar-refractivity contribution >= 4 is 0 Å². The summed E-state index contributed by atoms with van der Waals surface area (Å²) in [5.41, 5.74) is 4.14. The lowest BCUT2D eigenvalue weighted by Crippen LogP contribution is -2.55. The number of fused-ring (bicyclic) bond motifs is 5. The molecule has 0 bridgehead atoms. The second-order valence-electron chi connectivity index (χ2n) is 9.60. The number of phenolic OH excluding ortho intramolecular Hbond substituents is 2. The van der Waals surface area contributed by atoms with Crippen molar-refractivity contribution in [1.82, 2.24) is 0 Å². The summed E-state index contributed by atoms with van der Waals surface area (Å²) in [6.45, 7) is 14.0. The van der Waals surface area contributed by atoms with Crippen LogP contribution in [0.25, 0.3) is 0 Å². The van der Waals surface area contributed by atoms with Crippen molar-refractivity contribution < 1.29 is 10.2 Å². The molecule has 0 saturated heterocycles. The van der Waals surface area contributed by atoms with E-state index in [0.717, 1.165) is 30.4 Å². The van der Waals surface area contributed by atoms with E-state index in [4.69, 9.17) is 0 Å². The summed E-state index contributed by atoms with van der Waals surface area (Å²) < 4.78 is 0. The summed E-state index contributed by atoms with van der Waals surface area (Å²) in [5.74, 6) is 1.65. The third kappa shape index (κ3) is 1.78. The van der Waals surface area contributed by atoms with Crippen LogP contribution in [0.3, 0.4) is 0 Å². The molecule has 2 heteroatoms. The van der Waals surface area contributed by atoms with Crippen LogP contribution in [0.2, 0.25) is 0 Å². The van der Waals surface area contributed by atoms with Crippen LogP contribution in [0.15, 0.2) is 24.3 Å². The zero-order valence-electron chi connectivity index (χ0n) is 15.4. The minimum atomic E-state index is 0.0210. The van der Waals surface area contributed by atoms with Crippen molar-refractivity contribution in [2.75, 3.05) is 0 Å². The summed E-state index contributed by atoms with van der Waals surface area (Å²) in [6.07, 6.45) is 5.58. The highest BCUT2D eigenvalue weighted by molar-refractivity contribution is 5.54. The first-order valence-electron chi connectivity index (χ1n) is 9.34. The molecule has 1 aromatic carbocycles. The Hall–Kier alpha value is -1.44. The van der Waals surface area contributed by atoms with Crippen molar-refractivity contribution in [3.63, 3.8) is 0 Å². The Kier molecular flexibility index (Phi) is 3.07. The molecule has 0 amide bonds. The maximum absolute atomic E-state index is 10.6. The molecule has 0 aliphatic heterocycles. The molecule has 0 radical (unpaired) electrons. The van der Waals surface area contributed by atoms with Crippen molar-refractivity contribution in [3.8, 4) is 11.5 Å². The van der Waals surface area contributed by atoms with Crippen LogP contribution < -0.4 is 0 Å². The molecule has 1 aromatic rings. The number of phenols is 2. The Morgan fingerprint density at radius 3 is 2.46 bits per heavy atom. The van der Waals surface area contributed by atoms with Crippen molar-refractivity contribution in [3.05, 3.63) is 35.4 Å². The van der Waals surface area contributed by atoms with Crippen LogP contribution in [-0.4, -0.2) is 10.2 Å². The molecule has 4 rings (SSSR count). The largest absolute Gasteiger partial charge is 0.508 e. The molecule has 2 nitrogen and oxygen atoms in total. The van der Waals surface area contributed by atoms with Gasteiger partial charge in [0.05, 0.1) is 0 Å². The smallest absolute Gasteiger partial charge is 0.123 e. The number of aromatic hydroxyl groups is 2. The summed E-state index contributed by atoms with van der Waals surface area (Å²) in [4.78, 5) is 0. The quantitative estimate of drug-likeness (QED) is 0.633.